The highest BCUT2D eigenvalue weighted by Gasteiger charge is 2.30. The third kappa shape index (κ3) is 5.39. The maximum Gasteiger partial charge on any atom is 0.416 e. The molecule has 0 radical (unpaired) electrons. The summed E-state index contributed by atoms with van der Waals surface area (Å²) in [7, 11) is 1.53. The number of ether oxygens (including phenoxy) is 1. The van der Waals surface area contributed by atoms with Gasteiger partial charge < -0.3 is 24.5 Å². The topological polar surface area (TPSA) is 62.0 Å². The molecule has 1 fully saturated rings. The molecule has 4 aromatic rings. The van der Waals surface area contributed by atoms with Crippen molar-refractivity contribution in [1.82, 2.24) is 14.7 Å². The van der Waals surface area contributed by atoms with Crippen LogP contribution in [0, 0.1) is 0 Å². The Balaban J connectivity index is 1.27. The van der Waals surface area contributed by atoms with Gasteiger partial charge >= 0.3 is 6.18 Å². The van der Waals surface area contributed by atoms with Crippen molar-refractivity contribution in [3.05, 3.63) is 82.6 Å². The predicted molar refractivity (Wildman–Crippen MR) is 137 cm³/mol. The first-order valence-corrected chi connectivity index (χ1v) is 12.2. The van der Waals surface area contributed by atoms with Gasteiger partial charge in [-0.15, -0.1) is 0 Å². The summed E-state index contributed by atoms with van der Waals surface area (Å²) in [4.78, 5) is 7.04. The van der Waals surface area contributed by atoms with E-state index in [1.807, 2.05) is 28.9 Å². The average Bonchev–Trinajstić information content (AvgIpc) is 3.54. The van der Waals surface area contributed by atoms with E-state index in [0.29, 0.717) is 28.6 Å². The van der Waals surface area contributed by atoms with E-state index in [1.54, 1.807) is 12.1 Å². The normalized spacial score (nSPS) is 16.1. The number of hydrogen-bond donors (Lipinski definition) is 2. The summed E-state index contributed by atoms with van der Waals surface area (Å²) in [5.74, 6) is 0.496. The highest BCUT2D eigenvalue weighted by molar-refractivity contribution is 6.32. The zero-order chi connectivity index (χ0) is 26.2. The number of halogens is 4. The lowest BCUT2D eigenvalue weighted by Crippen LogP contribution is -2.32. The Bertz CT molecular complexity index is 1410. The first-order valence-electron chi connectivity index (χ1n) is 11.9. The number of fused-ring (bicyclic) bond motifs is 1. The monoisotopic (exact) mass is 530 g/mol. The maximum atomic E-state index is 12.8. The number of alkyl halides is 3. The molecule has 6 nitrogen and oxygen atoms in total. The van der Waals surface area contributed by atoms with Crippen molar-refractivity contribution in [2.24, 2.45) is 0 Å². The second kappa shape index (κ2) is 10.2. The van der Waals surface area contributed by atoms with Gasteiger partial charge in [-0.1, -0.05) is 23.7 Å². The molecule has 1 aliphatic heterocycles. The summed E-state index contributed by atoms with van der Waals surface area (Å²) in [5.41, 5.74) is 4.10. The lowest BCUT2D eigenvalue weighted by molar-refractivity contribution is -0.137. The Morgan fingerprint density at radius 1 is 1.16 bits per heavy atom. The Morgan fingerprint density at radius 3 is 2.65 bits per heavy atom. The standard InChI is InChI=1S/C27H26ClF3N4O2/c1-37-25-10-18(16-36)22(12-23(25)28)24-15-35-9-7-21(11-26(35)33-24)34-8-6-20(14-34)32-13-17-2-4-19(5-3-17)27(29,30)31/h2-5,7,9-12,15,20,32,36H,6,8,13-14,16H2,1H3/t20-/m0/s1. The number of nitrogens with zero attached hydrogens (tertiary/aromatic N) is 3. The molecule has 1 aliphatic rings. The Hall–Kier alpha value is -3.27. The van der Waals surface area contributed by atoms with Crippen molar-refractivity contribution in [1.29, 1.82) is 0 Å². The number of nitrogens with one attached hydrogen (secondary N) is 1. The van der Waals surface area contributed by atoms with E-state index in [0.717, 1.165) is 54.1 Å². The average molecular weight is 531 g/mol. The lowest BCUT2D eigenvalue weighted by Gasteiger charge is -2.19. The molecule has 0 amide bonds. The number of benzene rings is 2. The van der Waals surface area contributed by atoms with Crippen LogP contribution in [0.25, 0.3) is 16.9 Å². The fraction of sp³-hybridized carbons (Fsp3) is 0.296. The largest absolute Gasteiger partial charge is 0.495 e. The van der Waals surface area contributed by atoms with E-state index >= 15 is 0 Å². The Labute approximate surface area is 217 Å². The van der Waals surface area contributed by atoms with Gasteiger partial charge in [0, 0.05) is 55.4 Å². The third-order valence-corrected chi connectivity index (χ3v) is 6.99. The second-order valence-corrected chi connectivity index (χ2v) is 9.49. The molecule has 0 saturated carbocycles. The molecule has 5 rings (SSSR count). The fourth-order valence-electron chi connectivity index (χ4n) is 4.65. The van der Waals surface area contributed by atoms with E-state index in [4.69, 9.17) is 21.3 Å². The molecule has 2 N–H and O–H groups in total. The van der Waals surface area contributed by atoms with Gasteiger partial charge in [-0.25, -0.2) is 4.98 Å². The van der Waals surface area contributed by atoms with Crippen LogP contribution in [0.1, 0.15) is 23.1 Å². The first kappa shape index (κ1) is 25.4. The van der Waals surface area contributed by atoms with Crippen LogP contribution >= 0.6 is 11.6 Å². The van der Waals surface area contributed by atoms with Gasteiger partial charge in [0.15, 0.2) is 0 Å². The molecule has 194 valence electrons. The van der Waals surface area contributed by atoms with Gasteiger partial charge in [0.1, 0.15) is 11.4 Å². The zero-order valence-electron chi connectivity index (χ0n) is 20.1. The van der Waals surface area contributed by atoms with Gasteiger partial charge in [0.05, 0.1) is 30.0 Å². The molecule has 0 aliphatic carbocycles. The maximum absolute atomic E-state index is 12.8. The van der Waals surface area contributed by atoms with Gasteiger partial charge in [0.25, 0.3) is 0 Å². The number of pyridine rings is 1. The van der Waals surface area contributed by atoms with Crippen molar-refractivity contribution >= 4 is 22.9 Å². The number of methoxy groups -OCH3 is 1. The van der Waals surface area contributed by atoms with Crippen molar-refractivity contribution in [2.75, 3.05) is 25.1 Å². The van der Waals surface area contributed by atoms with Crippen molar-refractivity contribution in [2.45, 2.75) is 31.8 Å². The van der Waals surface area contributed by atoms with Crippen molar-refractivity contribution < 1.29 is 23.0 Å². The lowest BCUT2D eigenvalue weighted by atomic mass is 10.1. The van der Waals surface area contributed by atoms with Crippen LogP contribution in [-0.4, -0.2) is 40.7 Å². The zero-order valence-corrected chi connectivity index (χ0v) is 20.9. The Kier molecular flexibility index (Phi) is 7.02. The summed E-state index contributed by atoms with van der Waals surface area (Å²) in [6.45, 7) is 1.98. The minimum atomic E-state index is -4.32. The molecule has 2 aromatic carbocycles. The quantitative estimate of drug-likeness (QED) is 0.328. The van der Waals surface area contributed by atoms with Crippen molar-refractivity contribution in [3.63, 3.8) is 0 Å². The van der Waals surface area contributed by atoms with Crippen molar-refractivity contribution in [3.8, 4) is 17.0 Å². The molecule has 0 unspecified atom stereocenters. The smallest absolute Gasteiger partial charge is 0.416 e. The number of rotatable bonds is 7. The van der Waals surface area contributed by atoms with Crippen LogP contribution in [0.5, 0.6) is 5.75 Å². The molecule has 2 aromatic heterocycles. The van der Waals surface area contributed by atoms with Gasteiger partial charge in [0.2, 0.25) is 0 Å². The number of aliphatic hydroxyl groups excluding tert-OH is 1. The number of aliphatic hydroxyl groups is 1. The highest BCUT2D eigenvalue weighted by atomic mass is 35.5. The van der Waals surface area contributed by atoms with Crippen LogP contribution in [0.4, 0.5) is 18.9 Å². The summed E-state index contributed by atoms with van der Waals surface area (Å²) < 4.78 is 45.5. The summed E-state index contributed by atoms with van der Waals surface area (Å²) >= 11 is 6.32. The summed E-state index contributed by atoms with van der Waals surface area (Å²) in [6.07, 6.45) is 0.454. The van der Waals surface area contributed by atoms with E-state index in [1.165, 1.54) is 19.2 Å². The first-order chi connectivity index (χ1) is 17.7. The van der Waals surface area contributed by atoms with Gasteiger partial charge in [-0.2, -0.15) is 13.2 Å². The predicted octanol–water partition coefficient (Wildman–Crippen LogP) is 5.54. The van der Waals surface area contributed by atoms with E-state index in [2.05, 4.69) is 10.2 Å². The molecule has 37 heavy (non-hydrogen) atoms. The van der Waals surface area contributed by atoms with Crippen LogP contribution in [-0.2, 0) is 19.3 Å². The molecular formula is C27H26ClF3N4O2. The number of hydrogen-bond acceptors (Lipinski definition) is 5. The van der Waals surface area contributed by atoms with E-state index in [9.17, 15) is 18.3 Å². The molecule has 0 bridgehead atoms. The summed E-state index contributed by atoms with van der Waals surface area (Å²) in [5, 5.41) is 13.7. The molecule has 1 saturated heterocycles. The molecule has 3 heterocycles. The van der Waals surface area contributed by atoms with Gasteiger partial charge in [-0.3, -0.25) is 0 Å². The van der Waals surface area contributed by atoms with Crippen LogP contribution in [0.15, 0.2) is 60.9 Å². The minimum absolute atomic E-state index is 0.170. The second-order valence-electron chi connectivity index (χ2n) is 9.09. The number of imidazole rings is 1. The number of anilines is 1. The minimum Gasteiger partial charge on any atom is -0.495 e. The fourth-order valence-corrected chi connectivity index (χ4v) is 4.89. The molecular weight excluding hydrogens is 505 g/mol. The Morgan fingerprint density at radius 2 is 1.95 bits per heavy atom. The van der Waals surface area contributed by atoms with E-state index < -0.39 is 11.7 Å². The van der Waals surface area contributed by atoms with Gasteiger partial charge in [-0.05, 0) is 47.9 Å². The molecule has 10 heteroatoms. The molecule has 1 atom stereocenters. The van der Waals surface area contributed by atoms with Crippen LogP contribution in [0.3, 0.4) is 0 Å². The van der Waals surface area contributed by atoms with Crippen LogP contribution < -0.4 is 15.0 Å². The summed E-state index contributed by atoms with van der Waals surface area (Å²) in [6, 6.07) is 13.0. The third-order valence-electron chi connectivity index (χ3n) is 6.70. The molecule has 0 spiro atoms. The van der Waals surface area contributed by atoms with E-state index in [-0.39, 0.29) is 12.6 Å². The SMILES string of the molecule is COc1cc(CO)c(-c2cn3ccc(N4CC[C@H](NCc5ccc(C(F)(F)F)cc5)C4)cc3n2)cc1Cl. The highest BCUT2D eigenvalue weighted by Crippen LogP contribution is 2.34. The number of aromatic nitrogens is 2. The van der Waals surface area contributed by atoms with Crippen LogP contribution in [0.2, 0.25) is 5.02 Å².